The van der Waals surface area contributed by atoms with E-state index in [9.17, 15) is 18.3 Å². The topological polar surface area (TPSA) is 95.9 Å². The molecule has 0 spiro atoms. The number of rotatable bonds is 5. The van der Waals surface area contributed by atoms with Crippen LogP contribution in [0.2, 0.25) is 0 Å². The molecule has 0 aromatic heterocycles. The Labute approximate surface area is 228 Å². The fraction of sp³-hybridized carbons (Fsp3) is 0.367. The number of carbonyl (C=O) groups is 1. The van der Waals surface area contributed by atoms with Gasteiger partial charge in [-0.1, -0.05) is 24.3 Å². The highest BCUT2D eigenvalue weighted by Crippen LogP contribution is 2.52. The van der Waals surface area contributed by atoms with Crippen molar-refractivity contribution in [2.24, 2.45) is 0 Å². The number of halogens is 1. The normalized spacial score (nSPS) is 15.3. The van der Waals surface area contributed by atoms with Crippen LogP contribution in [0.1, 0.15) is 54.7 Å². The molecule has 3 aromatic rings. The number of aliphatic carboxylic acids is 1. The van der Waals surface area contributed by atoms with Gasteiger partial charge >= 0.3 is 5.97 Å². The van der Waals surface area contributed by atoms with Crippen molar-refractivity contribution < 1.29 is 27.4 Å². The van der Waals surface area contributed by atoms with Gasteiger partial charge in [-0.25, -0.2) is 17.6 Å². The molecule has 0 saturated heterocycles. The molecule has 39 heavy (non-hydrogen) atoms. The third-order valence-electron chi connectivity index (χ3n) is 7.40. The van der Waals surface area contributed by atoms with E-state index in [1.807, 2.05) is 18.2 Å². The lowest BCUT2D eigenvalue weighted by Gasteiger charge is -2.37. The number of sulfonamides is 1. The summed E-state index contributed by atoms with van der Waals surface area (Å²) in [4.78, 5) is 12.8. The number of hydrogen-bond acceptors (Lipinski definition) is 5. The Kier molecular flexibility index (Phi) is 6.50. The van der Waals surface area contributed by atoms with Crippen LogP contribution in [0.4, 0.5) is 15.8 Å². The number of nitrogens with zero attached hydrogens (tertiary/aromatic N) is 1. The zero-order valence-electron chi connectivity index (χ0n) is 23.0. The van der Waals surface area contributed by atoms with Crippen molar-refractivity contribution in [3.05, 3.63) is 70.0 Å². The zero-order chi connectivity index (χ0) is 28.4. The number of ether oxygens (including phenoxy) is 1. The summed E-state index contributed by atoms with van der Waals surface area (Å²) < 4.78 is 49.1. The summed E-state index contributed by atoms with van der Waals surface area (Å²) in [6.07, 6.45) is 0.599. The van der Waals surface area contributed by atoms with Gasteiger partial charge in [0.2, 0.25) is 10.0 Å². The Morgan fingerprint density at radius 3 is 2.44 bits per heavy atom. The minimum atomic E-state index is -3.80. The molecule has 0 radical (unpaired) electrons. The van der Waals surface area contributed by atoms with Crippen LogP contribution in [0, 0.1) is 19.7 Å². The highest BCUT2D eigenvalue weighted by Gasteiger charge is 2.39. The van der Waals surface area contributed by atoms with E-state index in [0.29, 0.717) is 38.9 Å². The van der Waals surface area contributed by atoms with Crippen LogP contribution in [0.5, 0.6) is 0 Å². The van der Waals surface area contributed by atoms with Crippen LogP contribution < -0.4 is 9.62 Å². The van der Waals surface area contributed by atoms with Crippen molar-refractivity contribution >= 4 is 27.4 Å². The van der Waals surface area contributed by atoms with Gasteiger partial charge in [0.05, 0.1) is 24.1 Å². The molecule has 1 atom stereocenters. The zero-order valence-corrected chi connectivity index (χ0v) is 23.8. The minimum Gasteiger partial charge on any atom is -0.479 e. The first-order chi connectivity index (χ1) is 18.2. The smallest absolute Gasteiger partial charge is 0.337 e. The number of hydrogen-bond donors (Lipinski definition) is 2. The first-order valence-electron chi connectivity index (χ1n) is 12.9. The maximum Gasteiger partial charge on any atom is 0.337 e. The molecule has 9 heteroatoms. The minimum absolute atomic E-state index is 0.0569. The van der Waals surface area contributed by atoms with Crippen molar-refractivity contribution in [3.8, 4) is 22.3 Å². The second kappa shape index (κ2) is 9.34. The first-order valence-corrected chi connectivity index (χ1v) is 14.7. The molecule has 2 heterocycles. The van der Waals surface area contributed by atoms with E-state index < -0.39 is 33.5 Å². The number of fused-ring (bicyclic) bond motifs is 4. The van der Waals surface area contributed by atoms with Crippen LogP contribution in [0.15, 0.2) is 36.4 Å². The van der Waals surface area contributed by atoms with Crippen molar-refractivity contribution in [2.45, 2.75) is 59.3 Å². The van der Waals surface area contributed by atoms with Gasteiger partial charge in [0.25, 0.3) is 0 Å². The van der Waals surface area contributed by atoms with E-state index in [2.05, 4.69) is 5.32 Å². The van der Waals surface area contributed by atoms with E-state index in [-0.39, 0.29) is 12.2 Å². The molecular formula is C30H33FN2O5S. The molecule has 7 nitrogen and oxygen atoms in total. The molecular weight excluding hydrogens is 519 g/mol. The summed E-state index contributed by atoms with van der Waals surface area (Å²) in [5.41, 5.74) is 5.65. The average molecular weight is 553 g/mol. The van der Waals surface area contributed by atoms with Crippen LogP contribution in [0.3, 0.4) is 0 Å². The summed E-state index contributed by atoms with van der Waals surface area (Å²) in [5, 5.41) is 13.8. The number of anilines is 2. The number of benzene rings is 3. The van der Waals surface area contributed by atoms with Gasteiger partial charge in [-0.2, -0.15) is 0 Å². The molecule has 0 bridgehead atoms. The number of carboxylic acid groups (broad SMARTS) is 1. The summed E-state index contributed by atoms with van der Waals surface area (Å²) in [7, 11) is -3.80. The Hall–Kier alpha value is -3.43. The number of carboxylic acids is 1. The van der Waals surface area contributed by atoms with Crippen LogP contribution in [-0.4, -0.2) is 37.9 Å². The van der Waals surface area contributed by atoms with E-state index in [1.54, 1.807) is 46.8 Å². The lowest BCUT2D eigenvalue weighted by molar-refractivity contribution is -0.160. The van der Waals surface area contributed by atoms with Gasteiger partial charge in [0.15, 0.2) is 6.10 Å². The number of nitrogens with one attached hydrogen (secondary N) is 1. The summed E-state index contributed by atoms with van der Waals surface area (Å²) in [6, 6.07) is 10.6. The fourth-order valence-electron chi connectivity index (χ4n) is 5.85. The maximum atomic E-state index is 15.5. The molecule has 2 aliphatic heterocycles. The first kappa shape index (κ1) is 27.1. The maximum absolute atomic E-state index is 15.5. The SMILES string of the molecule is Cc1c(-c2ccc3c(c2)NCC3)c([C@H](OC(C)(C)C)C(=O)O)c(C)c2c1-c1c(F)cccc1CN2S(C)(=O)=O. The van der Waals surface area contributed by atoms with Crippen LogP contribution in [-0.2, 0) is 32.5 Å². The molecule has 206 valence electrons. The molecule has 0 fully saturated rings. The van der Waals surface area contributed by atoms with Crippen LogP contribution in [0.25, 0.3) is 22.3 Å². The molecule has 5 rings (SSSR count). The quantitative estimate of drug-likeness (QED) is 0.405. The Balaban J connectivity index is 1.95. The predicted molar refractivity (Wildman–Crippen MR) is 151 cm³/mol. The monoisotopic (exact) mass is 552 g/mol. The van der Waals surface area contributed by atoms with Crippen molar-refractivity contribution in [3.63, 3.8) is 0 Å². The highest BCUT2D eigenvalue weighted by atomic mass is 32.2. The lowest BCUT2D eigenvalue weighted by atomic mass is 9.80. The van der Waals surface area contributed by atoms with Crippen molar-refractivity contribution in [1.82, 2.24) is 0 Å². The third-order valence-corrected chi connectivity index (χ3v) is 8.51. The van der Waals surface area contributed by atoms with Gasteiger partial charge in [-0.3, -0.25) is 4.31 Å². The van der Waals surface area contributed by atoms with Gasteiger partial charge in [-0.05, 0) is 86.6 Å². The summed E-state index contributed by atoms with van der Waals surface area (Å²) in [5.74, 6) is -1.65. The molecule has 0 unspecified atom stereocenters. The van der Waals surface area contributed by atoms with E-state index in [1.165, 1.54) is 10.4 Å². The van der Waals surface area contributed by atoms with E-state index >= 15 is 4.39 Å². The Morgan fingerprint density at radius 2 is 1.79 bits per heavy atom. The highest BCUT2D eigenvalue weighted by molar-refractivity contribution is 7.92. The molecule has 0 amide bonds. The second-order valence-electron chi connectivity index (χ2n) is 11.3. The van der Waals surface area contributed by atoms with Crippen molar-refractivity contribution in [2.75, 3.05) is 22.4 Å². The summed E-state index contributed by atoms with van der Waals surface area (Å²) >= 11 is 0. The van der Waals surface area contributed by atoms with Crippen LogP contribution >= 0.6 is 0 Å². The lowest BCUT2D eigenvalue weighted by Crippen LogP contribution is -2.35. The van der Waals surface area contributed by atoms with Gasteiger partial charge in [-0.15, -0.1) is 0 Å². The van der Waals surface area contributed by atoms with Gasteiger partial charge < -0.3 is 15.2 Å². The Morgan fingerprint density at radius 1 is 1.08 bits per heavy atom. The standard InChI is InChI=1S/C30H33FN2O5S/c1-16-23(19-11-10-18-12-13-32-22(18)14-19)25(28(29(34)35)38-30(3,4)5)17(2)27-24(16)26-20(8-7-9-21(26)31)15-33(27)39(6,36)37/h7-11,14,28,32H,12-13,15H2,1-6H3,(H,34,35)/t28-/m0/s1. The third kappa shape index (κ3) is 4.67. The molecule has 0 saturated carbocycles. The summed E-state index contributed by atoms with van der Waals surface area (Å²) in [6.45, 7) is 9.58. The molecule has 3 aromatic carbocycles. The van der Waals surface area contributed by atoms with Gasteiger partial charge in [0.1, 0.15) is 5.82 Å². The van der Waals surface area contributed by atoms with E-state index in [0.717, 1.165) is 36.0 Å². The largest absolute Gasteiger partial charge is 0.479 e. The van der Waals surface area contributed by atoms with E-state index in [4.69, 9.17) is 4.74 Å². The molecule has 0 aliphatic carbocycles. The van der Waals surface area contributed by atoms with Crippen molar-refractivity contribution in [1.29, 1.82) is 0 Å². The Bertz CT molecular complexity index is 1630. The average Bonchev–Trinajstić information content (AvgIpc) is 3.30. The fourth-order valence-corrected chi connectivity index (χ4v) is 6.79. The molecule has 2 N–H and O–H groups in total. The predicted octanol–water partition coefficient (Wildman–Crippen LogP) is 5.96. The molecule has 2 aliphatic rings. The van der Waals surface area contributed by atoms with Gasteiger partial charge in [0, 0.05) is 28.9 Å². The second-order valence-corrected chi connectivity index (χ2v) is 13.2.